The first-order chi connectivity index (χ1) is 10.8. The van der Waals surface area contributed by atoms with E-state index >= 15 is 0 Å². The second-order valence-electron chi connectivity index (χ2n) is 4.92. The summed E-state index contributed by atoms with van der Waals surface area (Å²) >= 11 is 0. The molecule has 0 aliphatic carbocycles. The van der Waals surface area contributed by atoms with Crippen LogP contribution in [0.1, 0.15) is 0 Å². The number of nitrogens with zero attached hydrogens (tertiary/aromatic N) is 3. The largest absolute Gasteiger partial charge is 0.491 e. The molecule has 1 aromatic carbocycles. The van der Waals surface area contributed by atoms with Crippen molar-refractivity contribution in [2.75, 3.05) is 6.61 Å². The average molecular weight is 295 g/mol. The SMILES string of the molecule is OC(COc1ccccc1)Cn1ccnc1-c1ccncc1. The van der Waals surface area contributed by atoms with Gasteiger partial charge in [-0.2, -0.15) is 0 Å². The van der Waals surface area contributed by atoms with E-state index < -0.39 is 6.10 Å². The second-order valence-corrected chi connectivity index (χ2v) is 4.92. The zero-order valence-electron chi connectivity index (χ0n) is 12.0. The van der Waals surface area contributed by atoms with Gasteiger partial charge in [-0.1, -0.05) is 18.2 Å². The number of pyridine rings is 1. The van der Waals surface area contributed by atoms with Crippen molar-refractivity contribution in [3.63, 3.8) is 0 Å². The van der Waals surface area contributed by atoms with E-state index in [2.05, 4.69) is 9.97 Å². The summed E-state index contributed by atoms with van der Waals surface area (Å²) in [5, 5.41) is 10.2. The van der Waals surface area contributed by atoms with Gasteiger partial charge in [0.25, 0.3) is 0 Å². The third-order valence-electron chi connectivity index (χ3n) is 3.25. The third kappa shape index (κ3) is 3.51. The summed E-state index contributed by atoms with van der Waals surface area (Å²) in [5.74, 6) is 1.56. The standard InChI is InChI=1S/C17H17N3O2/c21-15(13-22-16-4-2-1-3-5-16)12-20-11-10-19-17(20)14-6-8-18-9-7-14/h1-11,15,21H,12-13H2. The van der Waals surface area contributed by atoms with Gasteiger partial charge in [0, 0.05) is 30.4 Å². The van der Waals surface area contributed by atoms with Crippen LogP contribution in [0.3, 0.4) is 0 Å². The molecule has 5 nitrogen and oxygen atoms in total. The van der Waals surface area contributed by atoms with Crippen LogP contribution < -0.4 is 4.74 Å². The Morgan fingerprint density at radius 3 is 2.59 bits per heavy atom. The molecule has 1 atom stereocenters. The predicted octanol–water partition coefficient (Wildman–Crippen LogP) is 2.39. The summed E-state index contributed by atoms with van der Waals surface area (Å²) in [5.41, 5.74) is 0.969. The highest BCUT2D eigenvalue weighted by Crippen LogP contribution is 2.16. The van der Waals surface area contributed by atoms with E-state index in [1.54, 1.807) is 18.6 Å². The zero-order chi connectivity index (χ0) is 15.2. The van der Waals surface area contributed by atoms with Crippen molar-refractivity contribution >= 4 is 0 Å². The van der Waals surface area contributed by atoms with Gasteiger partial charge in [0.1, 0.15) is 24.3 Å². The van der Waals surface area contributed by atoms with Crippen molar-refractivity contribution in [1.82, 2.24) is 14.5 Å². The molecular formula is C17H17N3O2. The van der Waals surface area contributed by atoms with Gasteiger partial charge in [0.2, 0.25) is 0 Å². The van der Waals surface area contributed by atoms with E-state index in [0.29, 0.717) is 6.54 Å². The molecule has 5 heteroatoms. The van der Waals surface area contributed by atoms with Gasteiger partial charge < -0.3 is 14.4 Å². The molecule has 0 radical (unpaired) electrons. The molecule has 0 saturated heterocycles. The summed E-state index contributed by atoms with van der Waals surface area (Å²) < 4.78 is 7.48. The van der Waals surface area contributed by atoms with Gasteiger partial charge in [0.15, 0.2) is 0 Å². The Kier molecular flexibility index (Phi) is 4.46. The van der Waals surface area contributed by atoms with E-state index in [1.807, 2.05) is 53.2 Å². The van der Waals surface area contributed by atoms with Gasteiger partial charge in [-0.15, -0.1) is 0 Å². The summed E-state index contributed by atoms with van der Waals surface area (Å²) in [6, 6.07) is 13.3. The zero-order valence-corrected chi connectivity index (χ0v) is 12.0. The number of imidazole rings is 1. The minimum absolute atomic E-state index is 0.234. The van der Waals surface area contributed by atoms with Crippen LogP contribution in [0.2, 0.25) is 0 Å². The number of hydrogen-bond acceptors (Lipinski definition) is 4. The number of rotatable bonds is 6. The summed E-state index contributed by atoms with van der Waals surface area (Å²) in [4.78, 5) is 8.34. The fourth-order valence-corrected chi connectivity index (χ4v) is 2.21. The first kappa shape index (κ1) is 14.3. The topological polar surface area (TPSA) is 60.2 Å². The molecule has 112 valence electrons. The Labute approximate surface area is 128 Å². The molecule has 22 heavy (non-hydrogen) atoms. The lowest BCUT2D eigenvalue weighted by molar-refractivity contribution is 0.0929. The van der Waals surface area contributed by atoms with Gasteiger partial charge in [-0.3, -0.25) is 4.98 Å². The Bertz CT molecular complexity index is 698. The molecule has 0 spiro atoms. The Morgan fingerprint density at radius 1 is 1.05 bits per heavy atom. The molecular weight excluding hydrogens is 278 g/mol. The lowest BCUT2D eigenvalue weighted by Gasteiger charge is -2.14. The van der Waals surface area contributed by atoms with Crippen LogP contribution in [0.4, 0.5) is 0 Å². The van der Waals surface area contributed by atoms with Gasteiger partial charge in [-0.25, -0.2) is 4.98 Å². The first-order valence-corrected chi connectivity index (χ1v) is 7.10. The maximum atomic E-state index is 10.2. The molecule has 2 aromatic heterocycles. The van der Waals surface area contributed by atoms with E-state index in [0.717, 1.165) is 17.1 Å². The Hall–Kier alpha value is -2.66. The molecule has 3 aromatic rings. The monoisotopic (exact) mass is 295 g/mol. The van der Waals surface area contributed by atoms with Crippen LogP contribution in [0.15, 0.2) is 67.3 Å². The normalized spacial score (nSPS) is 12.0. The van der Waals surface area contributed by atoms with Gasteiger partial charge >= 0.3 is 0 Å². The Morgan fingerprint density at radius 2 is 1.82 bits per heavy atom. The molecule has 0 bridgehead atoms. The van der Waals surface area contributed by atoms with Crippen LogP contribution in [0.25, 0.3) is 11.4 Å². The van der Waals surface area contributed by atoms with Crippen molar-refractivity contribution < 1.29 is 9.84 Å². The molecule has 0 saturated carbocycles. The molecule has 1 N–H and O–H groups in total. The molecule has 0 amide bonds. The number of ether oxygens (including phenoxy) is 1. The van der Waals surface area contributed by atoms with E-state index in [9.17, 15) is 5.11 Å². The molecule has 3 rings (SSSR count). The highest BCUT2D eigenvalue weighted by Gasteiger charge is 2.11. The molecule has 0 fully saturated rings. The lowest BCUT2D eigenvalue weighted by Crippen LogP contribution is -2.23. The fourth-order valence-electron chi connectivity index (χ4n) is 2.21. The van der Waals surface area contributed by atoms with Gasteiger partial charge in [-0.05, 0) is 24.3 Å². The Balaban J connectivity index is 1.63. The van der Waals surface area contributed by atoms with E-state index in [-0.39, 0.29) is 6.61 Å². The highest BCUT2D eigenvalue weighted by atomic mass is 16.5. The number of benzene rings is 1. The van der Waals surface area contributed by atoms with Crippen molar-refractivity contribution in [2.24, 2.45) is 0 Å². The highest BCUT2D eigenvalue weighted by molar-refractivity contribution is 5.54. The van der Waals surface area contributed by atoms with Crippen molar-refractivity contribution in [3.8, 4) is 17.1 Å². The second kappa shape index (κ2) is 6.87. The predicted molar refractivity (Wildman–Crippen MR) is 83.4 cm³/mol. The number of aromatic nitrogens is 3. The van der Waals surface area contributed by atoms with Crippen molar-refractivity contribution in [3.05, 3.63) is 67.3 Å². The third-order valence-corrected chi connectivity index (χ3v) is 3.25. The van der Waals surface area contributed by atoms with Crippen LogP contribution in [0, 0.1) is 0 Å². The minimum Gasteiger partial charge on any atom is -0.491 e. The molecule has 1 unspecified atom stereocenters. The minimum atomic E-state index is -0.616. The summed E-state index contributed by atoms with van der Waals surface area (Å²) in [7, 11) is 0. The molecule has 0 aliphatic heterocycles. The number of hydrogen-bond donors (Lipinski definition) is 1. The number of aliphatic hydroxyl groups is 1. The molecule has 0 aliphatic rings. The maximum absolute atomic E-state index is 10.2. The lowest BCUT2D eigenvalue weighted by atomic mass is 10.2. The van der Waals surface area contributed by atoms with Gasteiger partial charge in [0.05, 0.1) is 6.54 Å². The van der Waals surface area contributed by atoms with Crippen molar-refractivity contribution in [2.45, 2.75) is 12.6 Å². The molecule has 2 heterocycles. The van der Waals surface area contributed by atoms with E-state index in [1.165, 1.54) is 0 Å². The average Bonchev–Trinajstić information content (AvgIpc) is 3.03. The fraction of sp³-hybridized carbons (Fsp3) is 0.176. The van der Waals surface area contributed by atoms with Crippen LogP contribution in [0.5, 0.6) is 5.75 Å². The quantitative estimate of drug-likeness (QED) is 0.758. The van der Waals surface area contributed by atoms with Crippen LogP contribution in [-0.2, 0) is 6.54 Å². The smallest absolute Gasteiger partial charge is 0.140 e. The summed E-state index contributed by atoms with van der Waals surface area (Å²) in [6.07, 6.45) is 6.41. The van der Waals surface area contributed by atoms with Crippen molar-refractivity contribution in [1.29, 1.82) is 0 Å². The van der Waals surface area contributed by atoms with Crippen LogP contribution >= 0.6 is 0 Å². The summed E-state index contributed by atoms with van der Waals surface area (Å²) in [6.45, 7) is 0.655. The van der Waals surface area contributed by atoms with E-state index in [4.69, 9.17) is 4.74 Å². The van der Waals surface area contributed by atoms with Crippen LogP contribution in [-0.4, -0.2) is 32.4 Å². The number of para-hydroxylation sites is 1. The first-order valence-electron chi connectivity index (χ1n) is 7.10. The maximum Gasteiger partial charge on any atom is 0.140 e. The number of aliphatic hydroxyl groups excluding tert-OH is 1.